The van der Waals surface area contributed by atoms with Crippen molar-refractivity contribution < 1.29 is 0 Å². The zero-order valence-electron chi connectivity index (χ0n) is 12.2. The first-order valence-corrected chi connectivity index (χ1v) is 7.42. The zero-order chi connectivity index (χ0) is 15.0. The minimum atomic E-state index is 0.586. The maximum atomic E-state index is 6.14. The lowest BCUT2D eigenvalue weighted by atomic mass is 10.1. The van der Waals surface area contributed by atoms with E-state index in [2.05, 4.69) is 35.7 Å². The number of imidazole rings is 1. The molecule has 0 amide bonds. The van der Waals surface area contributed by atoms with Crippen molar-refractivity contribution in [2.45, 2.75) is 20.3 Å². The molecule has 2 aromatic heterocycles. The molecule has 0 radical (unpaired) electrons. The summed E-state index contributed by atoms with van der Waals surface area (Å²) in [4.78, 5) is 4.74. The number of benzene rings is 1. The van der Waals surface area contributed by atoms with Gasteiger partial charge in [0.05, 0.1) is 11.4 Å². The molecule has 0 aliphatic heterocycles. The van der Waals surface area contributed by atoms with E-state index in [1.165, 1.54) is 5.56 Å². The van der Waals surface area contributed by atoms with E-state index >= 15 is 0 Å². The Morgan fingerprint density at radius 1 is 1.19 bits per heavy atom. The minimum Gasteiger partial charge on any atom is -0.330 e. The molecule has 0 saturated heterocycles. The number of fused-ring (bicyclic) bond motifs is 1. The predicted molar refractivity (Wildman–Crippen MR) is 87.9 cm³/mol. The van der Waals surface area contributed by atoms with E-state index in [0.717, 1.165) is 39.6 Å². The fourth-order valence-electron chi connectivity index (χ4n) is 2.60. The van der Waals surface area contributed by atoms with Crippen molar-refractivity contribution in [3.8, 4) is 11.3 Å². The van der Waals surface area contributed by atoms with Gasteiger partial charge in [-0.1, -0.05) is 17.7 Å². The maximum absolute atomic E-state index is 6.14. The van der Waals surface area contributed by atoms with Crippen LogP contribution in [-0.2, 0) is 6.42 Å². The van der Waals surface area contributed by atoms with Gasteiger partial charge in [0.2, 0.25) is 0 Å². The second-order valence-electron chi connectivity index (χ2n) is 5.34. The third kappa shape index (κ3) is 2.55. The van der Waals surface area contributed by atoms with Gasteiger partial charge in [0.15, 0.2) is 0 Å². The quantitative estimate of drug-likeness (QED) is 0.800. The Morgan fingerprint density at radius 2 is 2.00 bits per heavy atom. The van der Waals surface area contributed by atoms with Gasteiger partial charge in [0, 0.05) is 23.2 Å². The third-order valence-corrected chi connectivity index (χ3v) is 4.09. The Labute approximate surface area is 129 Å². The van der Waals surface area contributed by atoms with Gasteiger partial charge in [0.25, 0.3) is 0 Å². The fraction of sp³-hybridized carbons (Fsp3) is 0.235. The SMILES string of the molecule is Cc1ccn2c(-c3ccc(Cl)c(C)c3)c(CCN)nc2c1. The van der Waals surface area contributed by atoms with E-state index in [4.69, 9.17) is 22.3 Å². The molecule has 3 rings (SSSR count). The van der Waals surface area contributed by atoms with Gasteiger partial charge in [-0.2, -0.15) is 0 Å². The molecule has 1 aromatic carbocycles. The van der Waals surface area contributed by atoms with Crippen LogP contribution in [0.4, 0.5) is 0 Å². The van der Waals surface area contributed by atoms with Crippen LogP contribution in [0.5, 0.6) is 0 Å². The molecule has 2 N–H and O–H groups in total. The molecule has 108 valence electrons. The highest BCUT2D eigenvalue weighted by Gasteiger charge is 2.14. The van der Waals surface area contributed by atoms with E-state index in [-0.39, 0.29) is 0 Å². The van der Waals surface area contributed by atoms with Crippen molar-refractivity contribution in [3.63, 3.8) is 0 Å². The molecule has 0 fully saturated rings. The van der Waals surface area contributed by atoms with Gasteiger partial charge in [-0.05, 0) is 55.8 Å². The number of rotatable bonds is 3. The summed E-state index contributed by atoms with van der Waals surface area (Å²) in [5.74, 6) is 0. The third-order valence-electron chi connectivity index (χ3n) is 3.67. The summed E-state index contributed by atoms with van der Waals surface area (Å²) in [6.07, 6.45) is 2.83. The molecule has 2 heterocycles. The highest BCUT2D eigenvalue weighted by atomic mass is 35.5. The van der Waals surface area contributed by atoms with Gasteiger partial charge in [-0.3, -0.25) is 4.40 Å². The second kappa shape index (κ2) is 5.51. The van der Waals surface area contributed by atoms with Crippen LogP contribution in [0.3, 0.4) is 0 Å². The summed E-state index contributed by atoms with van der Waals surface area (Å²) < 4.78 is 2.13. The molecule has 3 aromatic rings. The van der Waals surface area contributed by atoms with Gasteiger partial charge in [-0.25, -0.2) is 4.98 Å². The lowest BCUT2D eigenvalue weighted by molar-refractivity contribution is 0.939. The van der Waals surface area contributed by atoms with Crippen LogP contribution >= 0.6 is 11.6 Å². The van der Waals surface area contributed by atoms with Crippen molar-refractivity contribution >= 4 is 17.2 Å². The largest absolute Gasteiger partial charge is 0.330 e. The standard InChI is InChI=1S/C17H18ClN3/c1-11-6-8-21-16(9-11)20-15(5-7-19)17(21)13-3-4-14(18)12(2)10-13/h3-4,6,8-10H,5,7,19H2,1-2H3. The molecule has 0 aliphatic carbocycles. The molecule has 0 unspecified atom stereocenters. The highest BCUT2D eigenvalue weighted by molar-refractivity contribution is 6.31. The Morgan fingerprint density at radius 3 is 2.71 bits per heavy atom. The van der Waals surface area contributed by atoms with Crippen LogP contribution in [0.2, 0.25) is 5.02 Å². The van der Waals surface area contributed by atoms with Gasteiger partial charge >= 0.3 is 0 Å². The summed E-state index contributed by atoms with van der Waals surface area (Å²) in [6.45, 7) is 4.67. The monoisotopic (exact) mass is 299 g/mol. The Balaban J connectivity index is 2.27. The summed E-state index contributed by atoms with van der Waals surface area (Å²) in [5, 5.41) is 0.781. The Hall–Kier alpha value is -1.84. The molecule has 21 heavy (non-hydrogen) atoms. The predicted octanol–water partition coefficient (Wildman–Crippen LogP) is 3.77. The smallest absolute Gasteiger partial charge is 0.137 e. The van der Waals surface area contributed by atoms with Crippen LogP contribution in [0.15, 0.2) is 36.5 Å². The first kappa shape index (κ1) is 14.1. The maximum Gasteiger partial charge on any atom is 0.137 e. The average Bonchev–Trinajstić information content (AvgIpc) is 2.79. The van der Waals surface area contributed by atoms with Crippen molar-refractivity contribution in [3.05, 3.63) is 58.4 Å². The molecule has 0 spiro atoms. The molecular formula is C17H18ClN3. The normalized spacial score (nSPS) is 11.2. The number of hydrogen-bond acceptors (Lipinski definition) is 2. The number of aromatic nitrogens is 2. The van der Waals surface area contributed by atoms with Gasteiger partial charge < -0.3 is 5.73 Å². The highest BCUT2D eigenvalue weighted by Crippen LogP contribution is 2.29. The van der Waals surface area contributed by atoms with Crippen LogP contribution < -0.4 is 5.73 Å². The summed E-state index contributed by atoms with van der Waals surface area (Å²) in [5.41, 5.74) is 12.2. The zero-order valence-corrected chi connectivity index (χ0v) is 13.0. The second-order valence-corrected chi connectivity index (χ2v) is 5.75. The van der Waals surface area contributed by atoms with Crippen molar-refractivity contribution in [2.24, 2.45) is 5.73 Å². The van der Waals surface area contributed by atoms with E-state index in [1.54, 1.807) is 0 Å². The van der Waals surface area contributed by atoms with E-state index < -0.39 is 0 Å². The number of hydrogen-bond donors (Lipinski definition) is 1. The first-order chi connectivity index (χ1) is 10.1. The topological polar surface area (TPSA) is 43.3 Å². The molecule has 3 nitrogen and oxygen atoms in total. The van der Waals surface area contributed by atoms with Crippen LogP contribution in [0, 0.1) is 13.8 Å². The van der Waals surface area contributed by atoms with Crippen LogP contribution in [0.25, 0.3) is 16.9 Å². The van der Waals surface area contributed by atoms with E-state index in [0.29, 0.717) is 6.54 Å². The number of nitrogens with two attached hydrogens (primary N) is 1. The Bertz CT molecular complexity index is 805. The molecule has 0 aliphatic rings. The molecule has 0 bridgehead atoms. The van der Waals surface area contributed by atoms with Crippen molar-refractivity contribution in [2.75, 3.05) is 6.54 Å². The van der Waals surface area contributed by atoms with Crippen LogP contribution in [0.1, 0.15) is 16.8 Å². The lowest BCUT2D eigenvalue weighted by Crippen LogP contribution is -2.04. The number of halogens is 1. The molecule has 0 atom stereocenters. The fourth-order valence-corrected chi connectivity index (χ4v) is 2.72. The first-order valence-electron chi connectivity index (χ1n) is 7.04. The molecular weight excluding hydrogens is 282 g/mol. The van der Waals surface area contributed by atoms with Gasteiger partial charge in [-0.15, -0.1) is 0 Å². The van der Waals surface area contributed by atoms with Crippen LogP contribution in [-0.4, -0.2) is 15.9 Å². The number of nitrogens with zero attached hydrogens (tertiary/aromatic N) is 2. The molecule has 0 saturated carbocycles. The summed E-state index contributed by atoms with van der Waals surface area (Å²) in [6, 6.07) is 10.3. The minimum absolute atomic E-state index is 0.586. The average molecular weight is 300 g/mol. The summed E-state index contributed by atoms with van der Waals surface area (Å²) >= 11 is 6.14. The van der Waals surface area contributed by atoms with Crippen molar-refractivity contribution in [1.29, 1.82) is 0 Å². The van der Waals surface area contributed by atoms with Gasteiger partial charge in [0.1, 0.15) is 5.65 Å². The number of pyridine rings is 1. The summed E-state index contributed by atoms with van der Waals surface area (Å²) in [7, 11) is 0. The lowest BCUT2D eigenvalue weighted by Gasteiger charge is -2.07. The van der Waals surface area contributed by atoms with E-state index in [1.807, 2.05) is 19.1 Å². The Kier molecular flexibility index (Phi) is 3.70. The van der Waals surface area contributed by atoms with Crippen molar-refractivity contribution in [1.82, 2.24) is 9.38 Å². The van der Waals surface area contributed by atoms with E-state index in [9.17, 15) is 0 Å². The number of aryl methyl sites for hydroxylation is 2. The molecule has 4 heteroatoms.